The summed E-state index contributed by atoms with van der Waals surface area (Å²) in [6.45, 7) is 14.6. The highest BCUT2D eigenvalue weighted by atomic mass is 16.5. The third-order valence-electron chi connectivity index (χ3n) is 4.31. The molecule has 2 nitrogen and oxygen atoms in total. The summed E-state index contributed by atoms with van der Waals surface area (Å²) in [7, 11) is 0. The van der Waals surface area contributed by atoms with E-state index in [9.17, 15) is 0 Å². The van der Waals surface area contributed by atoms with E-state index in [0.717, 1.165) is 16.9 Å². The molecule has 2 N–H and O–H groups in total. The van der Waals surface area contributed by atoms with Crippen LogP contribution in [-0.4, -0.2) is 0 Å². The Hall–Kier alpha value is -1.80. The number of nitrogens with two attached hydrogens (primary N) is 1. The van der Waals surface area contributed by atoms with Gasteiger partial charge in [0.15, 0.2) is 0 Å². The average Bonchev–Trinajstić information content (AvgIpc) is 2.51. The molecule has 2 aromatic rings. The zero-order chi connectivity index (χ0) is 18.0. The lowest BCUT2D eigenvalue weighted by molar-refractivity contribution is 0.297. The van der Waals surface area contributed by atoms with Gasteiger partial charge in [-0.3, -0.25) is 0 Å². The van der Waals surface area contributed by atoms with E-state index >= 15 is 0 Å². The smallest absolute Gasteiger partial charge is 0.123 e. The molecule has 24 heavy (non-hydrogen) atoms. The van der Waals surface area contributed by atoms with Gasteiger partial charge in [-0.25, -0.2) is 0 Å². The van der Waals surface area contributed by atoms with Gasteiger partial charge in [0.25, 0.3) is 0 Å². The zero-order valence-corrected chi connectivity index (χ0v) is 15.9. The maximum absolute atomic E-state index is 6.16. The number of benzene rings is 2. The number of hydrogen-bond donors (Lipinski definition) is 1. The van der Waals surface area contributed by atoms with Crippen LogP contribution in [0.1, 0.15) is 63.8 Å². The van der Waals surface area contributed by atoms with Crippen molar-refractivity contribution in [2.75, 3.05) is 0 Å². The van der Waals surface area contributed by atoms with Crippen molar-refractivity contribution in [3.8, 4) is 5.75 Å². The van der Waals surface area contributed by atoms with Crippen LogP contribution < -0.4 is 10.5 Å². The number of ether oxygens (including phenoxy) is 1. The maximum Gasteiger partial charge on any atom is 0.123 e. The molecule has 2 heteroatoms. The molecule has 0 saturated heterocycles. The predicted octanol–water partition coefficient (Wildman–Crippen LogP) is 5.32. The summed E-state index contributed by atoms with van der Waals surface area (Å²) in [5.74, 6) is 0.971. The third-order valence-corrected chi connectivity index (χ3v) is 4.31. The first kappa shape index (κ1) is 18.5. The van der Waals surface area contributed by atoms with Crippen LogP contribution in [0.3, 0.4) is 0 Å². The van der Waals surface area contributed by atoms with Gasteiger partial charge in [0, 0.05) is 6.54 Å². The fourth-order valence-electron chi connectivity index (χ4n) is 2.64. The third kappa shape index (κ3) is 4.61. The van der Waals surface area contributed by atoms with Gasteiger partial charge in [-0.05, 0) is 39.2 Å². The van der Waals surface area contributed by atoms with Crippen LogP contribution in [0.5, 0.6) is 5.75 Å². The zero-order valence-electron chi connectivity index (χ0n) is 15.9. The van der Waals surface area contributed by atoms with Crippen molar-refractivity contribution in [2.45, 2.75) is 65.5 Å². The number of rotatable bonds is 4. The number of hydrogen-bond acceptors (Lipinski definition) is 2. The predicted molar refractivity (Wildman–Crippen MR) is 103 cm³/mol. The molecule has 0 aromatic heterocycles. The highest BCUT2D eigenvalue weighted by Crippen LogP contribution is 2.35. The van der Waals surface area contributed by atoms with Crippen molar-refractivity contribution in [1.29, 1.82) is 0 Å². The molecule has 0 radical (unpaired) electrons. The first-order valence-corrected chi connectivity index (χ1v) is 8.67. The molecular weight excluding hydrogens is 294 g/mol. The molecule has 0 fully saturated rings. The van der Waals surface area contributed by atoms with Gasteiger partial charge in [-0.2, -0.15) is 0 Å². The maximum atomic E-state index is 6.16. The first-order valence-electron chi connectivity index (χ1n) is 8.67. The Balaban J connectivity index is 2.25. The van der Waals surface area contributed by atoms with E-state index in [2.05, 4.69) is 84.0 Å². The van der Waals surface area contributed by atoms with E-state index in [1.807, 2.05) is 0 Å². The van der Waals surface area contributed by atoms with Crippen molar-refractivity contribution in [3.63, 3.8) is 0 Å². The summed E-state index contributed by atoms with van der Waals surface area (Å²) in [5.41, 5.74) is 10.7. The minimum absolute atomic E-state index is 0.0417. The molecule has 0 atom stereocenters. The Bertz CT molecular complexity index is 673. The Morgan fingerprint density at radius 3 is 1.88 bits per heavy atom. The van der Waals surface area contributed by atoms with Crippen molar-refractivity contribution in [3.05, 3.63) is 64.7 Å². The standard InChI is InChI=1S/C22H31NO/c1-21(2,3)18-11-12-20(19(13-18)22(4,5)6)24-15-17-9-7-16(14-23)8-10-17/h7-13H,14-15,23H2,1-6H3. The summed E-state index contributed by atoms with van der Waals surface area (Å²) in [6, 6.07) is 14.9. The summed E-state index contributed by atoms with van der Waals surface area (Å²) in [5, 5.41) is 0. The van der Waals surface area contributed by atoms with Crippen LogP contribution in [0.15, 0.2) is 42.5 Å². The van der Waals surface area contributed by atoms with E-state index < -0.39 is 0 Å². The van der Waals surface area contributed by atoms with Crippen LogP contribution in [0.2, 0.25) is 0 Å². The molecule has 0 aliphatic rings. The molecule has 0 spiro atoms. The molecule has 0 heterocycles. The van der Waals surface area contributed by atoms with Crippen molar-refractivity contribution in [2.24, 2.45) is 5.73 Å². The molecule has 0 aliphatic carbocycles. The minimum atomic E-state index is 0.0417. The Kier molecular flexibility index (Phi) is 5.39. The lowest BCUT2D eigenvalue weighted by atomic mass is 9.80. The molecule has 2 rings (SSSR count). The second kappa shape index (κ2) is 6.98. The van der Waals surface area contributed by atoms with Crippen molar-refractivity contribution < 1.29 is 4.74 Å². The minimum Gasteiger partial charge on any atom is -0.489 e. The highest BCUT2D eigenvalue weighted by Gasteiger charge is 2.23. The second-order valence-corrected chi connectivity index (χ2v) is 8.52. The molecular formula is C22H31NO. The van der Waals surface area contributed by atoms with Crippen LogP contribution in [0.4, 0.5) is 0 Å². The summed E-state index contributed by atoms with van der Waals surface area (Å²) in [6.07, 6.45) is 0. The van der Waals surface area contributed by atoms with Gasteiger partial charge in [-0.15, -0.1) is 0 Å². The Labute approximate surface area is 147 Å². The van der Waals surface area contributed by atoms with E-state index in [4.69, 9.17) is 10.5 Å². The Morgan fingerprint density at radius 2 is 1.38 bits per heavy atom. The molecule has 0 unspecified atom stereocenters. The van der Waals surface area contributed by atoms with Gasteiger partial charge >= 0.3 is 0 Å². The van der Waals surface area contributed by atoms with Crippen LogP contribution in [-0.2, 0) is 24.0 Å². The van der Waals surface area contributed by atoms with Gasteiger partial charge in [-0.1, -0.05) is 77.9 Å². The molecule has 0 bridgehead atoms. The fourth-order valence-corrected chi connectivity index (χ4v) is 2.64. The summed E-state index contributed by atoms with van der Waals surface area (Å²) < 4.78 is 6.16. The molecule has 0 aliphatic heterocycles. The van der Waals surface area contributed by atoms with Gasteiger partial charge in [0.05, 0.1) is 0 Å². The Morgan fingerprint density at radius 1 is 0.792 bits per heavy atom. The summed E-state index contributed by atoms with van der Waals surface area (Å²) >= 11 is 0. The SMILES string of the molecule is CC(C)(C)c1ccc(OCc2ccc(CN)cc2)c(C(C)(C)C)c1. The normalized spacial score (nSPS) is 12.3. The van der Waals surface area contributed by atoms with Gasteiger partial charge < -0.3 is 10.5 Å². The van der Waals surface area contributed by atoms with Crippen LogP contribution >= 0.6 is 0 Å². The topological polar surface area (TPSA) is 35.2 Å². The van der Waals surface area contributed by atoms with E-state index in [1.54, 1.807) is 0 Å². The molecule has 130 valence electrons. The van der Waals surface area contributed by atoms with Crippen molar-refractivity contribution in [1.82, 2.24) is 0 Å². The largest absolute Gasteiger partial charge is 0.489 e. The van der Waals surface area contributed by atoms with Gasteiger partial charge in [0.1, 0.15) is 12.4 Å². The molecule has 0 saturated carbocycles. The fraction of sp³-hybridized carbons (Fsp3) is 0.455. The highest BCUT2D eigenvalue weighted by molar-refractivity contribution is 5.43. The van der Waals surface area contributed by atoms with E-state index in [1.165, 1.54) is 11.1 Å². The van der Waals surface area contributed by atoms with Crippen LogP contribution in [0.25, 0.3) is 0 Å². The van der Waals surface area contributed by atoms with Crippen LogP contribution in [0, 0.1) is 0 Å². The first-order chi connectivity index (χ1) is 11.1. The summed E-state index contributed by atoms with van der Waals surface area (Å²) in [4.78, 5) is 0. The van der Waals surface area contributed by atoms with Crippen molar-refractivity contribution >= 4 is 0 Å². The second-order valence-electron chi connectivity index (χ2n) is 8.52. The van der Waals surface area contributed by atoms with Gasteiger partial charge in [0.2, 0.25) is 0 Å². The molecule has 2 aromatic carbocycles. The average molecular weight is 325 g/mol. The lowest BCUT2D eigenvalue weighted by Gasteiger charge is -2.27. The molecule has 0 amide bonds. The van der Waals surface area contributed by atoms with E-state index in [0.29, 0.717) is 13.2 Å². The van der Waals surface area contributed by atoms with E-state index in [-0.39, 0.29) is 10.8 Å². The monoisotopic (exact) mass is 325 g/mol. The quantitative estimate of drug-likeness (QED) is 0.825. The lowest BCUT2D eigenvalue weighted by Crippen LogP contribution is -2.17.